The fourth-order valence-electron chi connectivity index (χ4n) is 2.10. The quantitative estimate of drug-likeness (QED) is 0.820. The van der Waals surface area contributed by atoms with E-state index in [0.717, 1.165) is 12.8 Å². The molecule has 1 aromatic heterocycles. The molecular weight excluding hydrogens is 246 g/mol. The van der Waals surface area contributed by atoms with Gasteiger partial charge in [-0.1, -0.05) is 0 Å². The molecule has 0 spiro atoms. The number of methoxy groups -OCH3 is 1. The highest BCUT2D eigenvalue weighted by Crippen LogP contribution is 2.29. The van der Waals surface area contributed by atoms with Gasteiger partial charge >= 0.3 is 0 Å². The van der Waals surface area contributed by atoms with E-state index in [0.29, 0.717) is 23.7 Å². The fourth-order valence-corrected chi connectivity index (χ4v) is 2.10. The number of ether oxygens (including phenoxy) is 2. The number of piperidine rings is 1. The molecule has 0 unspecified atom stereocenters. The van der Waals surface area contributed by atoms with Gasteiger partial charge in [-0.3, -0.25) is 0 Å². The molecule has 0 radical (unpaired) electrons. The number of pyridine rings is 1. The topological polar surface area (TPSA) is 87.4 Å². The summed E-state index contributed by atoms with van der Waals surface area (Å²) in [5, 5.41) is 21.2. The first-order valence-electron chi connectivity index (χ1n) is 6.22. The van der Waals surface area contributed by atoms with E-state index in [9.17, 15) is 0 Å². The first-order chi connectivity index (χ1) is 9.28. The largest absolute Gasteiger partial charge is 0.490 e. The molecule has 2 atom stereocenters. The molecule has 1 aliphatic rings. The van der Waals surface area contributed by atoms with E-state index in [1.54, 1.807) is 6.07 Å². The van der Waals surface area contributed by atoms with Crippen molar-refractivity contribution < 1.29 is 14.6 Å². The second kappa shape index (κ2) is 6.36. The van der Waals surface area contributed by atoms with Crippen molar-refractivity contribution in [2.45, 2.75) is 25.0 Å². The van der Waals surface area contributed by atoms with Crippen molar-refractivity contribution in [2.24, 2.45) is 0 Å². The molecule has 2 rings (SSSR count). The van der Waals surface area contributed by atoms with E-state index >= 15 is 0 Å². The highest BCUT2D eigenvalue weighted by Gasteiger charge is 2.23. The zero-order chi connectivity index (χ0) is 13.7. The van der Waals surface area contributed by atoms with Gasteiger partial charge in [0.05, 0.1) is 13.7 Å². The molecule has 6 heteroatoms. The standard InChI is InChI=1S/C13H17N3O3/c1-18-12-9(6-14)4-5-15-13(12)19-11-3-2-10(8-17)16-7-11/h4-5,10-11,16-17H,2-3,7-8H2,1H3/t10-,11+/m0/s1. The van der Waals surface area contributed by atoms with E-state index in [1.807, 2.05) is 6.07 Å². The minimum absolute atomic E-state index is 0.0295. The highest BCUT2D eigenvalue weighted by atomic mass is 16.5. The predicted octanol–water partition coefficient (Wildman–Crippen LogP) is 0.454. The Hall–Kier alpha value is -1.84. The molecule has 2 N–H and O–H groups in total. The third kappa shape index (κ3) is 3.13. The molecule has 102 valence electrons. The van der Waals surface area contributed by atoms with Crippen LogP contribution in [0, 0.1) is 11.3 Å². The van der Waals surface area contributed by atoms with Gasteiger partial charge in [0.15, 0.2) is 5.75 Å². The van der Waals surface area contributed by atoms with Crippen LogP contribution in [0.2, 0.25) is 0 Å². The maximum atomic E-state index is 9.05. The van der Waals surface area contributed by atoms with Crippen molar-refractivity contribution in [3.05, 3.63) is 17.8 Å². The van der Waals surface area contributed by atoms with Crippen LogP contribution in [0.1, 0.15) is 18.4 Å². The van der Waals surface area contributed by atoms with Crippen LogP contribution < -0.4 is 14.8 Å². The number of hydrogen-bond donors (Lipinski definition) is 2. The highest BCUT2D eigenvalue weighted by molar-refractivity contribution is 5.48. The van der Waals surface area contributed by atoms with Crippen LogP contribution in [0.5, 0.6) is 11.6 Å². The maximum absolute atomic E-state index is 9.05. The van der Waals surface area contributed by atoms with Crippen molar-refractivity contribution >= 4 is 0 Å². The van der Waals surface area contributed by atoms with Crippen molar-refractivity contribution in [2.75, 3.05) is 20.3 Å². The van der Waals surface area contributed by atoms with Crippen LogP contribution in [0.3, 0.4) is 0 Å². The normalized spacial score (nSPS) is 22.6. The maximum Gasteiger partial charge on any atom is 0.258 e. The Bertz CT molecular complexity index is 465. The van der Waals surface area contributed by atoms with Gasteiger partial charge in [0.25, 0.3) is 5.88 Å². The molecule has 1 saturated heterocycles. The van der Waals surface area contributed by atoms with Gasteiger partial charge in [-0.05, 0) is 18.9 Å². The van der Waals surface area contributed by atoms with Crippen LogP contribution in [-0.4, -0.2) is 42.5 Å². The molecule has 6 nitrogen and oxygen atoms in total. The number of nitrogens with zero attached hydrogens (tertiary/aromatic N) is 2. The lowest BCUT2D eigenvalue weighted by molar-refractivity contribution is 0.119. The van der Waals surface area contributed by atoms with E-state index in [1.165, 1.54) is 13.3 Å². The smallest absolute Gasteiger partial charge is 0.258 e. The molecule has 1 aromatic rings. The summed E-state index contributed by atoms with van der Waals surface area (Å²) in [6.45, 7) is 0.783. The monoisotopic (exact) mass is 263 g/mol. The second-order valence-corrected chi connectivity index (χ2v) is 4.41. The summed E-state index contributed by atoms with van der Waals surface area (Å²) in [5.74, 6) is 0.713. The van der Waals surface area contributed by atoms with E-state index in [4.69, 9.17) is 19.8 Å². The summed E-state index contributed by atoms with van der Waals surface area (Å²) in [7, 11) is 1.49. The van der Waals surface area contributed by atoms with Crippen LogP contribution in [0.15, 0.2) is 12.3 Å². The summed E-state index contributed by atoms with van der Waals surface area (Å²) in [5.41, 5.74) is 0.407. The third-order valence-corrected chi connectivity index (χ3v) is 3.17. The molecular formula is C13H17N3O3. The number of aromatic nitrogens is 1. The van der Waals surface area contributed by atoms with Gasteiger partial charge in [0, 0.05) is 18.8 Å². The molecule has 0 amide bonds. The third-order valence-electron chi connectivity index (χ3n) is 3.17. The summed E-state index contributed by atoms with van der Waals surface area (Å²) in [4.78, 5) is 4.12. The minimum Gasteiger partial charge on any atom is -0.490 e. The molecule has 0 bridgehead atoms. The fraction of sp³-hybridized carbons (Fsp3) is 0.538. The molecule has 0 aliphatic carbocycles. The Morgan fingerprint density at radius 3 is 3.00 bits per heavy atom. The van der Waals surface area contributed by atoms with E-state index in [-0.39, 0.29) is 18.8 Å². The summed E-state index contributed by atoms with van der Waals surface area (Å²) >= 11 is 0. The molecule has 2 heterocycles. The van der Waals surface area contributed by atoms with E-state index in [2.05, 4.69) is 10.3 Å². The van der Waals surface area contributed by atoms with Crippen LogP contribution in [-0.2, 0) is 0 Å². The first kappa shape index (κ1) is 13.6. The van der Waals surface area contributed by atoms with Crippen LogP contribution in [0.25, 0.3) is 0 Å². The Morgan fingerprint density at radius 1 is 1.58 bits per heavy atom. The molecule has 1 fully saturated rings. The number of aliphatic hydroxyl groups is 1. The number of nitrogens with one attached hydrogen (secondary N) is 1. The summed E-state index contributed by atoms with van der Waals surface area (Å²) in [6, 6.07) is 3.78. The lowest BCUT2D eigenvalue weighted by atomic mass is 10.0. The second-order valence-electron chi connectivity index (χ2n) is 4.41. The molecule has 19 heavy (non-hydrogen) atoms. The van der Waals surface area contributed by atoms with Gasteiger partial charge in [0.1, 0.15) is 17.7 Å². The number of rotatable bonds is 4. The number of hydrogen-bond acceptors (Lipinski definition) is 6. The first-order valence-corrected chi connectivity index (χ1v) is 6.22. The summed E-state index contributed by atoms with van der Waals surface area (Å²) < 4.78 is 11.0. The van der Waals surface area contributed by atoms with Crippen LogP contribution >= 0.6 is 0 Å². The van der Waals surface area contributed by atoms with Gasteiger partial charge in [-0.15, -0.1) is 0 Å². The van der Waals surface area contributed by atoms with Crippen molar-refractivity contribution in [3.8, 4) is 17.7 Å². The zero-order valence-corrected chi connectivity index (χ0v) is 10.8. The number of nitriles is 1. The van der Waals surface area contributed by atoms with Gasteiger partial charge in [0.2, 0.25) is 0 Å². The zero-order valence-electron chi connectivity index (χ0n) is 10.8. The molecule has 0 aromatic carbocycles. The van der Waals surface area contributed by atoms with Crippen molar-refractivity contribution in [3.63, 3.8) is 0 Å². The minimum atomic E-state index is -0.0295. The number of aliphatic hydroxyl groups excluding tert-OH is 1. The molecule has 0 saturated carbocycles. The lowest BCUT2D eigenvalue weighted by Gasteiger charge is -2.29. The predicted molar refractivity (Wildman–Crippen MR) is 68.0 cm³/mol. The lowest BCUT2D eigenvalue weighted by Crippen LogP contribution is -2.45. The Morgan fingerprint density at radius 2 is 2.42 bits per heavy atom. The Kier molecular flexibility index (Phi) is 4.55. The average Bonchev–Trinajstić information content (AvgIpc) is 2.47. The molecule has 1 aliphatic heterocycles. The average molecular weight is 263 g/mol. The van der Waals surface area contributed by atoms with Crippen molar-refractivity contribution in [1.29, 1.82) is 5.26 Å². The Balaban J connectivity index is 2.06. The Labute approximate surface area is 112 Å². The van der Waals surface area contributed by atoms with Gasteiger partial charge < -0.3 is 19.9 Å². The summed E-state index contributed by atoms with van der Waals surface area (Å²) in [6.07, 6.45) is 3.18. The van der Waals surface area contributed by atoms with Gasteiger partial charge in [-0.2, -0.15) is 5.26 Å². The van der Waals surface area contributed by atoms with Crippen molar-refractivity contribution in [1.82, 2.24) is 10.3 Å². The van der Waals surface area contributed by atoms with Gasteiger partial charge in [-0.25, -0.2) is 4.98 Å². The van der Waals surface area contributed by atoms with Crippen LogP contribution in [0.4, 0.5) is 0 Å². The SMILES string of the molecule is COc1c(C#N)ccnc1O[C@@H]1CC[C@@H](CO)NC1. The van der Waals surface area contributed by atoms with E-state index < -0.39 is 0 Å².